The Kier molecular flexibility index (Phi) is 11.9. The van der Waals surface area contributed by atoms with Gasteiger partial charge in [-0.1, -0.05) is 13.3 Å². The second-order valence-corrected chi connectivity index (χ2v) is 3.16. The van der Waals surface area contributed by atoms with Crippen LogP contribution >= 0.6 is 0 Å². The van der Waals surface area contributed by atoms with Gasteiger partial charge in [-0.2, -0.15) is 0 Å². The van der Waals surface area contributed by atoms with Crippen molar-refractivity contribution in [1.82, 2.24) is 0 Å². The Morgan fingerprint density at radius 2 is 1.71 bits per heavy atom. The summed E-state index contributed by atoms with van der Waals surface area (Å²) in [4.78, 5) is 0. The number of allylic oxidation sites excluding steroid dienone is 1. The summed E-state index contributed by atoms with van der Waals surface area (Å²) in [5.74, 6) is -0.141. The van der Waals surface area contributed by atoms with E-state index in [1.807, 2.05) is 0 Å². The molecule has 0 bridgehead atoms. The highest BCUT2D eigenvalue weighted by Crippen LogP contribution is 2.03. The zero-order chi connectivity index (χ0) is 11.6. The minimum Gasteiger partial charge on any atom is -0.510 e. The van der Waals surface area contributed by atoms with Gasteiger partial charge >= 0.3 is 0 Å². The van der Waals surface area contributed by atoms with Crippen molar-refractivity contribution >= 4 is 0 Å². The van der Waals surface area contributed by atoms with Crippen molar-refractivity contribution in [3.05, 3.63) is 11.3 Å². The average Bonchev–Trinajstić information content (AvgIpc) is 2.17. The summed E-state index contributed by atoms with van der Waals surface area (Å²) in [5, 5.41) is 34.0. The van der Waals surface area contributed by atoms with Gasteiger partial charge in [-0.25, -0.2) is 0 Å². The normalized spacial score (nSPS) is 11.3. The van der Waals surface area contributed by atoms with E-state index < -0.39 is 12.7 Å². The predicted octanol–water partition coefficient (Wildman–Crippen LogP) is 0.970. The summed E-state index contributed by atoms with van der Waals surface area (Å²) in [6, 6.07) is 0. The first-order chi connectivity index (χ1) is 6.51. The van der Waals surface area contributed by atoms with E-state index in [1.54, 1.807) is 13.8 Å². The van der Waals surface area contributed by atoms with E-state index in [1.165, 1.54) is 0 Å². The summed E-state index contributed by atoms with van der Waals surface area (Å²) in [5.41, 5.74) is 0.622. The Balaban J connectivity index is 0. The Bertz CT molecular complexity index is 148. The van der Waals surface area contributed by atoms with Gasteiger partial charge in [0, 0.05) is 6.61 Å². The third kappa shape index (κ3) is 9.51. The third-order valence-corrected chi connectivity index (χ3v) is 1.51. The van der Waals surface area contributed by atoms with Crippen LogP contribution < -0.4 is 0 Å². The molecule has 4 N–H and O–H groups in total. The molecule has 1 atom stereocenters. The van der Waals surface area contributed by atoms with Crippen LogP contribution in [0.3, 0.4) is 0 Å². The fraction of sp³-hybridized carbons (Fsp3) is 0.800. The molecule has 14 heavy (non-hydrogen) atoms. The molecule has 4 nitrogen and oxygen atoms in total. The van der Waals surface area contributed by atoms with E-state index in [0.717, 1.165) is 12.8 Å². The van der Waals surface area contributed by atoms with Crippen molar-refractivity contribution in [2.24, 2.45) is 0 Å². The van der Waals surface area contributed by atoms with Crippen molar-refractivity contribution in [3.63, 3.8) is 0 Å². The lowest BCUT2D eigenvalue weighted by Crippen LogP contribution is -2.15. The first kappa shape index (κ1) is 15.9. The lowest BCUT2D eigenvalue weighted by Gasteiger charge is -2.06. The molecule has 0 saturated carbocycles. The van der Waals surface area contributed by atoms with Gasteiger partial charge in [0.15, 0.2) is 0 Å². The average molecular weight is 206 g/mol. The van der Waals surface area contributed by atoms with Crippen molar-refractivity contribution in [3.8, 4) is 0 Å². The highest BCUT2D eigenvalue weighted by molar-refractivity contribution is 5.05. The largest absolute Gasteiger partial charge is 0.510 e. The lowest BCUT2D eigenvalue weighted by molar-refractivity contribution is 0.0856. The molecule has 0 radical (unpaired) electrons. The molecule has 0 aliphatic carbocycles. The van der Waals surface area contributed by atoms with E-state index in [2.05, 4.69) is 6.92 Å². The minimum absolute atomic E-state index is 0.141. The molecular weight excluding hydrogens is 184 g/mol. The molecule has 0 aromatic heterocycles. The lowest BCUT2D eigenvalue weighted by atomic mass is 10.2. The predicted molar refractivity (Wildman–Crippen MR) is 56.1 cm³/mol. The van der Waals surface area contributed by atoms with Crippen molar-refractivity contribution in [2.45, 2.75) is 39.7 Å². The summed E-state index contributed by atoms with van der Waals surface area (Å²) < 4.78 is 0. The minimum atomic E-state index is -1.12. The number of aliphatic hydroxyl groups excluding tert-OH is 4. The maximum absolute atomic E-state index is 8.86. The first-order valence-corrected chi connectivity index (χ1v) is 4.77. The number of unbranched alkanes of at least 4 members (excludes halogenated alkanes) is 1. The number of hydrogen-bond acceptors (Lipinski definition) is 4. The second kappa shape index (κ2) is 10.5. The van der Waals surface area contributed by atoms with Crippen LogP contribution in [-0.2, 0) is 0 Å². The molecule has 0 spiro atoms. The van der Waals surface area contributed by atoms with Crippen molar-refractivity contribution in [1.29, 1.82) is 0 Å². The highest BCUT2D eigenvalue weighted by Gasteiger charge is 2.07. The molecule has 0 rings (SSSR count). The molecule has 0 aromatic carbocycles. The van der Waals surface area contributed by atoms with Crippen LogP contribution in [0.15, 0.2) is 11.3 Å². The zero-order valence-corrected chi connectivity index (χ0v) is 9.19. The quantitative estimate of drug-likeness (QED) is 0.517. The Hall–Kier alpha value is -0.580. The fourth-order valence-corrected chi connectivity index (χ4v) is 0.578. The van der Waals surface area contributed by atoms with E-state index in [4.69, 9.17) is 20.4 Å². The van der Waals surface area contributed by atoms with Gasteiger partial charge in [0.25, 0.3) is 0 Å². The van der Waals surface area contributed by atoms with E-state index in [0.29, 0.717) is 12.2 Å². The van der Waals surface area contributed by atoms with E-state index >= 15 is 0 Å². The molecular formula is C10H22O4. The Morgan fingerprint density at radius 3 is 1.79 bits per heavy atom. The van der Waals surface area contributed by atoms with Gasteiger partial charge in [-0.05, 0) is 25.8 Å². The number of aliphatic hydroxyl groups is 4. The van der Waals surface area contributed by atoms with Gasteiger partial charge in [-0.3, -0.25) is 0 Å². The molecule has 0 aromatic rings. The number of hydrogen-bond donors (Lipinski definition) is 4. The van der Waals surface area contributed by atoms with Crippen LogP contribution in [0.25, 0.3) is 0 Å². The molecule has 0 saturated heterocycles. The highest BCUT2D eigenvalue weighted by atomic mass is 16.3. The monoisotopic (exact) mass is 206 g/mol. The van der Waals surface area contributed by atoms with Gasteiger partial charge in [-0.15, -0.1) is 0 Å². The summed E-state index contributed by atoms with van der Waals surface area (Å²) in [6.07, 6.45) is 0.922. The molecule has 0 aliphatic rings. The molecule has 4 heteroatoms. The smallest absolute Gasteiger partial charge is 0.134 e. The van der Waals surface area contributed by atoms with Crippen LogP contribution in [0, 0.1) is 0 Å². The third-order valence-electron chi connectivity index (χ3n) is 1.51. The van der Waals surface area contributed by atoms with Crippen LogP contribution in [0.4, 0.5) is 0 Å². The summed E-state index contributed by atoms with van der Waals surface area (Å²) >= 11 is 0. The van der Waals surface area contributed by atoms with E-state index in [9.17, 15) is 0 Å². The SMILES string of the molecule is CC(C)=C(O)C(O)CO.CCCCO. The number of rotatable bonds is 4. The van der Waals surface area contributed by atoms with Crippen molar-refractivity contribution in [2.75, 3.05) is 13.2 Å². The van der Waals surface area contributed by atoms with Crippen LogP contribution in [-0.4, -0.2) is 39.7 Å². The van der Waals surface area contributed by atoms with E-state index in [-0.39, 0.29) is 5.76 Å². The topological polar surface area (TPSA) is 80.9 Å². The van der Waals surface area contributed by atoms with Crippen LogP contribution in [0.5, 0.6) is 0 Å². The molecule has 1 unspecified atom stereocenters. The maximum atomic E-state index is 8.86. The maximum Gasteiger partial charge on any atom is 0.134 e. The molecule has 0 aliphatic heterocycles. The summed E-state index contributed by atoms with van der Waals surface area (Å²) in [7, 11) is 0. The summed E-state index contributed by atoms with van der Waals surface area (Å²) in [6.45, 7) is 5.28. The standard InChI is InChI=1S/C6H12O3.C4H10O/c1-4(2)6(9)5(8)3-7;1-2-3-4-5/h5,7-9H,3H2,1-2H3;5H,2-4H2,1H3. The fourth-order valence-electron chi connectivity index (χ4n) is 0.578. The van der Waals surface area contributed by atoms with Crippen molar-refractivity contribution < 1.29 is 20.4 Å². The van der Waals surface area contributed by atoms with Crippen LogP contribution in [0.2, 0.25) is 0 Å². The van der Waals surface area contributed by atoms with Gasteiger partial charge < -0.3 is 20.4 Å². The van der Waals surface area contributed by atoms with Crippen LogP contribution in [0.1, 0.15) is 33.6 Å². The first-order valence-electron chi connectivity index (χ1n) is 4.77. The van der Waals surface area contributed by atoms with Gasteiger partial charge in [0.05, 0.1) is 6.61 Å². The molecule has 86 valence electrons. The molecule has 0 heterocycles. The zero-order valence-electron chi connectivity index (χ0n) is 9.19. The Labute approximate surface area is 85.5 Å². The van der Waals surface area contributed by atoms with Gasteiger partial charge in [0.1, 0.15) is 11.9 Å². The van der Waals surface area contributed by atoms with Gasteiger partial charge in [0.2, 0.25) is 0 Å². The molecule has 0 fully saturated rings. The Morgan fingerprint density at radius 1 is 1.21 bits per heavy atom. The molecule has 0 amide bonds. The second-order valence-electron chi connectivity index (χ2n) is 3.16.